The first kappa shape index (κ1) is 16.7. The number of nitrogens with two attached hydrogens (primary N) is 1. The van der Waals surface area contributed by atoms with Crippen LogP contribution in [-0.2, 0) is 0 Å². The van der Waals surface area contributed by atoms with Crippen LogP contribution < -0.4 is 10.5 Å². The van der Waals surface area contributed by atoms with Gasteiger partial charge in [0.1, 0.15) is 5.75 Å². The quantitative estimate of drug-likeness (QED) is 0.880. The standard InChI is InChI=1S/C16H26BrN3O/c1-19(2)13-6-8-20(9-7-13)15(11-18)14-10-12(17)4-5-16(14)21-3/h4-5,10,13,15H,6-9,11,18H2,1-3H3. The normalized spacial score (nSPS) is 19.0. The zero-order valence-electron chi connectivity index (χ0n) is 13.2. The summed E-state index contributed by atoms with van der Waals surface area (Å²) in [5.41, 5.74) is 7.26. The maximum atomic E-state index is 6.08. The molecule has 0 saturated carbocycles. The molecule has 1 aromatic carbocycles. The Morgan fingerprint density at radius 3 is 2.57 bits per heavy atom. The fraction of sp³-hybridized carbons (Fsp3) is 0.625. The predicted molar refractivity (Wildman–Crippen MR) is 90.8 cm³/mol. The first-order valence-corrected chi connectivity index (χ1v) is 8.30. The number of nitrogens with zero attached hydrogens (tertiary/aromatic N) is 2. The van der Waals surface area contributed by atoms with Crippen LogP contribution in [0.2, 0.25) is 0 Å². The van der Waals surface area contributed by atoms with Crippen molar-refractivity contribution < 1.29 is 4.74 Å². The van der Waals surface area contributed by atoms with Crippen LogP contribution in [-0.4, -0.2) is 56.7 Å². The van der Waals surface area contributed by atoms with Crippen molar-refractivity contribution in [2.24, 2.45) is 5.73 Å². The summed E-state index contributed by atoms with van der Waals surface area (Å²) in [6.07, 6.45) is 2.39. The second-order valence-corrected chi connectivity index (χ2v) is 6.78. The molecular formula is C16H26BrN3O. The molecule has 2 rings (SSSR count). The minimum atomic E-state index is 0.223. The molecule has 1 aliphatic rings. The molecule has 118 valence electrons. The average Bonchev–Trinajstić information content (AvgIpc) is 2.49. The second-order valence-electron chi connectivity index (χ2n) is 5.87. The lowest BCUT2D eigenvalue weighted by atomic mass is 9.98. The molecule has 21 heavy (non-hydrogen) atoms. The maximum Gasteiger partial charge on any atom is 0.123 e. The summed E-state index contributed by atoms with van der Waals surface area (Å²) in [5, 5.41) is 0. The highest BCUT2D eigenvalue weighted by molar-refractivity contribution is 9.10. The van der Waals surface area contributed by atoms with Crippen LogP contribution in [0.25, 0.3) is 0 Å². The third-order valence-corrected chi connectivity index (χ3v) is 4.94. The molecule has 0 bridgehead atoms. The summed E-state index contributed by atoms with van der Waals surface area (Å²) in [5.74, 6) is 0.920. The number of hydrogen-bond donors (Lipinski definition) is 1. The molecule has 1 heterocycles. The molecule has 1 aliphatic heterocycles. The Kier molecular flexibility index (Phi) is 6.05. The van der Waals surface area contributed by atoms with Gasteiger partial charge in [-0.15, -0.1) is 0 Å². The Morgan fingerprint density at radius 1 is 1.38 bits per heavy atom. The Hall–Kier alpha value is -0.620. The topological polar surface area (TPSA) is 41.7 Å². The van der Waals surface area contributed by atoms with Gasteiger partial charge in [0.25, 0.3) is 0 Å². The summed E-state index contributed by atoms with van der Waals surface area (Å²) in [4.78, 5) is 4.82. The first-order chi connectivity index (χ1) is 10.1. The molecule has 5 heteroatoms. The van der Waals surface area contributed by atoms with Crippen molar-refractivity contribution in [2.75, 3.05) is 40.8 Å². The van der Waals surface area contributed by atoms with Crippen molar-refractivity contribution in [3.05, 3.63) is 28.2 Å². The minimum Gasteiger partial charge on any atom is -0.496 e. The summed E-state index contributed by atoms with van der Waals surface area (Å²) in [6.45, 7) is 2.78. The number of methoxy groups -OCH3 is 1. The van der Waals surface area contributed by atoms with Gasteiger partial charge in [0.05, 0.1) is 13.2 Å². The molecule has 1 aromatic rings. The van der Waals surface area contributed by atoms with E-state index in [9.17, 15) is 0 Å². The summed E-state index contributed by atoms with van der Waals surface area (Å²) in [7, 11) is 6.05. The highest BCUT2D eigenvalue weighted by atomic mass is 79.9. The first-order valence-electron chi connectivity index (χ1n) is 7.50. The lowest BCUT2D eigenvalue weighted by Gasteiger charge is -2.39. The molecule has 0 amide bonds. The van der Waals surface area contributed by atoms with Crippen LogP contribution >= 0.6 is 15.9 Å². The van der Waals surface area contributed by atoms with Gasteiger partial charge in [-0.05, 0) is 45.1 Å². The van der Waals surface area contributed by atoms with E-state index in [2.05, 4.69) is 45.9 Å². The van der Waals surface area contributed by atoms with Gasteiger partial charge >= 0.3 is 0 Å². The lowest BCUT2D eigenvalue weighted by Crippen LogP contribution is -2.45. The molecule has 0 spiro atoms. The molecular weight excluding hydrogens is 330 g/mol. The van der Waals surface area contributed by atoms with Crippen LogP contribution in [0.5, 0.6) is 5.75 Å². The molecule has 0 radical (unpaired) electrons. The van der Waals surface area contributed by atoms with E-state index >= 15 is 0 Å². The van der Waals surface area contributed by atoms with E-state index in [1.165, 1.54) is 18.4 Å². The fourth-order valence-corrected chi connectivity index (χ4v) is 3.53. The largest absolute Gasteiger partial charge is 0.496 e. The molecule has 4 nitrogen and oxygen atoms in total. The predicted octanol–water partition coefficient (Wildman–Crippen LogP) is 2.48. The van der Waals surface area contributed by atoms with Gasteiger partial charge < -0.3 is 15.4 Å². The number of ether oxygens (including phenoxy) is 1. The van der Waals surface area contributed by atoms with E-state index in [-0.39, 0.29) is 6.04 Å². The van der Waals surface area contributed by atoms with Crippen LogP contribution in [0.15, 0.2) is 22.7 Å². The summed E-state index contributed by atoms with van der Waals surface area (Å²) in [6, 6.07) is 7.06. The molecule has 1 saturated heterocycles. The molecule has 0 aliphatic carbocycles. The van der Waals surface area contributed by atoms with E-state index in [0.717, 1.165) is 23.3 Å². The van der Waals surface area contributed by atoms with Gasteiger partial charge in [0.2, 0.25) is 0 Å². The monoisotopic (exact) mass is 355 g/mol. The zero-order valence-corrected chi connectivity index (χ0v) is 14.8. The SMILES string of the molecule is COc1ccc(Br)cc1C(CN)N1CCC(N(C)C)CC1. The summed E-state index contributed by atoms with van der Waals surface area (Å²) < 4.78 is 6.59. The van der Waals surface area contributed by atoms with Crippen LogP contribution in [0, 0.1) is 0 Å². The molecule has 0 aromatic heterocycles. The number of halogens is 1. The van der Waals surface area contributed by atoms with Gasteiger partial charge in [-0.3, -0.25) is 4.90 Å². The van der Waals surface area contributed by atoms with Crippen LogP contribution in [0.4, 0.5) is 0 Å². The highest BCUT2D eigenvalue weighted by Gasteiger charge is 2.27. The lowest BCUT2D eigenvalue weighted by molar-refractivity contribution is 0.109. The van der Waals surface area contributed by atoms with Gasteiger partial charge in [-0.2, -0.15) is 0 Å². The van der Waals surface area contributed by atoms with Crippen molar-refractivity contribution >= 4 is 15.9 Å². The van der Waals surface area contributed by atoms with Gasteiger partial charge in [-0.25, -0.2) is 0 Å². The van der Waals surface area contributed by atoms with Crippen molar-refractivity contribution in [2.45, 2.75) is 24.9 Å². The fourth-order valence-electron chi connectivity index (χ4n) is 3.15. The second kappa shape index (κ2) is 7.58. The maximum absolute atomic E-state index is 6.08. The van der Waals surface area contributed by atoms with E-state index in [4.69, 9.17) is 10.5 Å². The van der Waals surface area contributed by atoms with E-state index in [1.54, 1.807) is 7.11 Å². The van der Waals surface area contributed by atoms with Crippen molar-refractivity contribution in [3.8, 4) is 5.75 Å². The number of piperidine rings is 1. The Labute approximate surface area is 136 Å². The Balaban J connectivity index is 2.15. The average molecular weight is 356 g/mol. The molecule has 1 atom stereocenters. The van der Waals surface area contributed by atoms with Crippen LogP contribution in [0.1, 0.15) is 24.4 Å². The van der Waals surface area contributed by atoms with E-state index in [0.29, 0.717) is 12.6 Å². The van der Waals surface area contributed by atoms with E-state index in [1.807, 2.05) is 12.1 Å². The van der Waals surface area contributed by atoms with Gasteiger partial charge in [0, 0.05) is 35.7 Å². The number of hydrogen-bond acceptors (Lipinski definition) is 4. The molecule has 2 N–H and O–H groups in total. The Morgan fingerprint density at radius 2 is 2.05 bits per heavy atom. The Bertz CT molecular complexity index is 459. The van der Waals surface area contributed by atoms with Crippen molar-refractivity contribution in [3.63, 3.8) is 0 Å². The minimum absolute atomic E-state index is 0.223. The smallest absolute Gasteiger partial charge is 0.123 e. The molecule has 1 unspecified atom stereocenters. The van der Waals surface area contributed by atoms with E-state index < -0.39 is 0 Å². The number of rotatable bonds is 5. The van der Waals surface area contributed by atoms with Crippen LogP contribution in [0.3, 0.4) is 0 Å². The zero-order chi connectivity index (χ0) is 15.4. The third-order valence-electron chi connectivity index (χ3n) is 4.44. The van der Waals surface area contributed by atoms with Crippen molar-refractivity contribution in [1.82, 2.24) is 9.80 Å². The number of benzene rings is 1. The third kappa shape index (κ3) is 3.97. The summed E-state index contributed by atoms with van der Waals surface area (Å²) >= 11 is 3.55. The highest BCUT2D eigenvalue weighted by Crippen LogP contribution is 2.33. The van der Waals surface area contributed by atoms with Crippen molar-refractivity contribution in [1.29, 1.82) is 0 Å². The molecule has 1 fully saturated rings. The van der Waals surface area contributed by atoms with Gasteiger partial charge in [0.15, 0.2) is 0 Å². The number of likely N-dealkylation sites (tertiary alicyclic amines) is 1. The van der Waals surface area contributed by atoms with Gasteiger partial charge in [-0.1, -0.05) is 15.9 Å².